The highest BCUT2D eigenvalue weighted by molar-refractivity contribution is 7.91. The van der Waals surface area contributed by atoms with Crippen LogP contribution < -0.4 is 10.6 Å². The van der Waals surface area contributed by atoms with Crippen LogP contribution in [0.3, 0.4) is 0 Å². The molecule has 0 fully saturated rings. The van der Waals surface area contributed by atoms with Gasteiger partial charge < -0.3 is 15.7 Å². The summed E-state index contributed by atoms with van der Waals surface area (Å²) in [5.74, 6) is 0.701. The van der Waals surface area contributed by atoms with E-state index < -0.39 is 10.0 Å². The van der Waals surface area contributed by atoms with Gasteiger partial charge in [0.15, 0.2) is 5.96 Å². The minimum absolute atomic E-state index is 0.0425. The average molecular weight is 419 g/mol. The van der Waals surface area contributed by atoms with Crippen LogP contribution in [0.2, 0.25) is 0 Å². The van der Waals surface area contributed by atoms with Crippen LogP contribution in [0.25, 0.3) is 0 Å². The van der Waals surface area contributed by atoms with Gasteiger partial charge in [-0.2, -0.15) is 0 Å². The summed E-state index contributed by atoms with van der Waals surface area (Å²) in [6.07, 6.45) is 2.71. The van der Waals surface area contributed by atoms with Gasteiger partial charge in [0.25, 0.3) is 10.0 Å². The molecule has 0 atom stereocenters. The molecule has 9 heteroatoms. The summed E-state index contributed by atoms with van der Waals surface area (Å²) < 4.78 is 25.9. The molecule has 1 aromatic rings. The molecule has 0 unspecified atom stereocenters. The van der Waals surface area contributed by atoms with Crippen LogP contribution in [0.15, 0.2) is 21.3 Å². The molecule has 1 aromatic heterocycles. The van der Waals surface area contributed by atoms with Gasteiger partial charge in [-0.3, -0.25) is 0 Å². The van der Waals surface area contributed by atoms with Crippen LogP contribution in [0.1, 0.15) is 44.9 Å². The Morgan fingerprint density at radius 1 is 1.22 bits per heavy atom. The molecule has 1 heterocycles. The third-order valence-corrected chi connectivity index (χ3v) is 8.23. The number of nitrogens with one attached hydrogen (secondary N) is 2. The van der Waals surface area contributed by atoms with E-state index in [1.54, 1.807) is 6.07 Å². The van der Waals surface area contributed by atoms with Gasteiger partial charge in [0.05, 0.1) is 6.54 Å². The monoisotopic (exact) mass is 418 g/mol. The Morgan fingerprint density at radius 3 is 2.41 bits per heavy atom. The van der Waals surface area contributed by atoms with Gasteiger partial charge in [-0.1, -0.05) is 13.8 Å². The van der Waals surface area contributed by atoms with E-state index in [-0.39, 0.29) is 12.0 Å². The van der Waals surface area contributed by atoms with Gasteiger partial charge in [0.1, 0.15) is 4.21 Å². The normalized spacial score (nSPS) is 13.2. The minimum Gasteiger partial charge on any atom is -0.396 e. The number of aliphatic imine (C=N–C) groups is 1. The third kappa shape index (κ3) is 6.74. The predicted octanol–water partition coefficient (Wildman–Crippen LogP) is 2.24. The summed E-state index contributed by atoms with van der Waals surface area (Å²) in [6.45, 7) is 8.35. The summed E-state index contributed by atoms with van der Waals surface area (Å²) in [7, 11) is -0.343. The standard InChI is InChI=1S/C18H34N4O3S2/c1-6-18(7-2,11-12-23)14-21-17(19-8-3)20-13-15-9-10-16(26-15)27(24,25)22(4)5/h9-10,23H,6-8,11-14H2,1-5H3,(H2,19,20,21). The van der Waals surface area contributed by atoms with Crippen molar-refractivity contribution in [2.45, 2.75) is 50.8 Å². The van der Waals surface area contributed by atoms with E-state index in [4.69, 9.17) is 0 Å². The van der Waals surface area contributed by atoms with Gasteiger partial charge >= 0.3 is 0 Å². The molecule has 1 rings (SSSR count). The second-order valence-corrected chi connectivity index (χ2v) is 10.3. The van der Waals surface area contributed by atoms with E-state index in [0.29, 0.717) is 16.7 Å². The first-order chi connectivity index (χ1) is 12.7. The first-order valence-corrected chi connectivity index (χ1v) is 11.6. The summed E-state index contributed by atoms with van der Waals surface area (Å²) in [5.41, 5.74) is 0.0425. The average Bonchev–Trinajstić information content (AvgIpc) is 3.12. The van der Waals surface area contributed by atoms with Gasteiger partial charge in [0.2, 0.25) is 0 Å². The van der Waals surface area contributed by atoms with Crippen molar-refractivity contribution >= 4 is 27.3 Å². The molecule has 156 valence electrons. The zero-order valence-corrected chi connectivity index (χ0v) is 18.7. The predicted molar refractivity (Wildman–Crippen MR) is 113 cm³/mol. The number of aliphatic hydroxyl groups excluding tert-OH is 1. The van der Waals surface area contributed by atoms with Crippen LogP contribution >= 0.6 is 11.3 Å². The Bertz CT molecular complexity index is 695. The van der Waals surface area contributed by atoms with Crippen molar-refractivity contribution in [2.24, 2.45) is 10.4 Å². The van der Waals surface area contributed by atoms with E-state index in [1.165, 1.54) is 29.7 Å². The van der Waals surface area contributed by atoms with Crippen molar-refractivity contribution in [1.29, 1.82) is 0 Å². The minimum atomic E-state index is -3.40. The van der Waals surface area contributed by atoms with Gasteiger partial charge in [-0.05, 0) is 43.7 Å². The fraction of sp³-hybridized carbons (Fsp3) is 0.722. The lowest BCUT2D eigenvalue weighted by molar-refractivity contribution is 0.169. The summed E-state index contributed by atoms with van der Waals surface area (Å²) in [4.78, 5) is 5.48. The van der Waals surface area contributed by atoms with E-state index in [9.17, 15) is 13.5 Å². The zero-order valence-electron chi connectivity index (χ0n) is 17.1. The van der Waals surface area contributed by atoms with Gasteiger partial charge in [-0.25, -0.2) is 17.7 Å². The molecule has 7 nitrogen and oxygen atoms in total. The van der Waals surface area contributed by atoms with Crippen LogP contribution in [0.4, 0.5) is 0 Å². The highest BCUT2D eigenvalue weighted by atomic mass is 32.2. The maximum absolute atomic E-state index is 12.2. The number of thiophene rings is 1. The lowest BCUT2D eigenvalue weighted by Crippen LogP contribution is -2.43. The number of nitrogens with zero attached hydrogens (tertiary/aromatic N) is 2. The molecule has 0 radical (unpaired) electrons. The van der Waals surface area contributed by atoms with E-state index >= 15 is 0 Å². The molecule has 0 saturated carbocycles. The number of hydrogen-bond acceptors (Lipinski definition) is 5. The fourth-order valence-electron chi connectivity index (χ4n) is 2.71. The Balaban J connectivity index is 2.84. The molecular weight excluding hydrogens is 384 g/mol. The molecule has 0 amide bonds. The quantitative estimate of drug-likeness (QED) is 0.378. The topological polar surface area (TPSA) is 94.0 Å². The maximum Gasteiger partial charge on any atom is 0.252 e. The van der Waals surface area contributed by atoms with Crippen molar-refractivity contribution in [3.63, 3.8) is 0 Å². The molecule has 27 heavy (non-hydrogen) atoms. The van der Waals surface area contributed by atoms with Crippen molar-refractivity contribution in [3.8, 4) is 0 Å². The Kier molecular flexibility index (Phi) is 9.72. The molecule has 0 aliphatic heterocycles. The first kappa shape index (κ1) is 23.9. The highest BCUT2D eigenvalue weighted by Gasteiger charge is 2.25. The number of aliphatic hydroxyl groups is 1. The van der Waals surface area contributed by atoms with Crippen LogP contribution in [-0.4, -0.2) is 57.6 Å². The first-order valence-electron chi connectivity index (χ1n) is 9.39. The van der Waals surface area contributed by atoms with Crippen LogP contribution in [0.5, 0.6) is 0 Å². The highest BCUT2D eigenvalue weighted by Crippen LogP contribution is 2.29. The van der Waals surface area contributed by atoms with E-state index in [0.717, 1.165) is 37.2 Å². The van der Waals surface area contributed by atoms with Crippen molar-refractivity contribution in [1.82, 2.24) is 14.9 Å². The van der Waals surface area contributed by atoms with Gasteiger partial charge in [-0.15, -0.1) is 11.3 Å². The number of sulfonamides is 1. The van der Waals surface area contributed by atoms with E-state index in [2.05, 4.69) is 29.5 Å². The molecule has 0 bridgehead atoms. The smallest absolute Gasteiger partial charge is 0.252 e. The maximum atomic E-state index is 12.2. The molecule has 0 spiro atoms. The number of hydrogen-bond donors (Lipinski definition) is 3. The molecule has 0 aromatic carbocycles. The SMILES string of the molecule is CCNC(=NCc1ccc(S(=O)(=O)N(C)C)s1)NCC(CC)(CC)CCO. The van der Waals surface area contributed by atoms with Crippen molar-refractivity contribution in [2.75, 3.05) is 33.8 Å². The second kappa shape index (κ2) is 11.0. The molecule has 3 N–H and O–H groups in total. The zero-order chi connectivity index (χ0) is 20.5. The summed E-state index contributed by atoms with van der Waals surface area (Å²) in [5, 5.41) is 16.0. The molecule has 0 saturated heterocycles. The Hall–Kier alpha value is -1.16. The summed E-state index contributed by atoms with van der Waals surface area (Å²) in [6, 6.07) is 3.44. The van der Waals surface area contributed by atoms with Crippen LogP contribution in [0, 0.1) is 5.41 Å². The lowest BCUT2D eigenvalue weighted by Gasteiger charge is -2.32. The molecular formula is C18H34N4O3S2. The fourth-order valence-corrected chi connectivity index (χ4v) is 5.16. The largest absolute Gasteiger partial charge is 0.396 e. The van der Waals surface area contributed by atoms with E-state index in [1.807, 2.05) is 13.0 Å². The molecule has 0 aliphatic carbocycles. The Labute approximate surface area is 167 Å². The van der Waals surface area contributed by atoms with Crippen molar-refractivity contribution in [3.05, 3.63) is 17.0 Å². The lowest BCUT2D eigenvalue weighted by atomic mass is 9.79. The number of rotatable bonds is 11. The summed E-state index contributed by atoms with van der Waals surface area (Å²) >= 11 is 1.24. The third-order valence-electron chi connectivity index (χ3n) is 4.88. The second-order valence-electron chi connectivity index (χ2n) is 6.74. The number of guanidine groups is 1. The van der Waals surface area contributed by atoms with Crippen molar-refractivity contribution < 1.29 is 13.5 Å². The van der Waals surface area contributed by atoms with Gasteiger partial charge in [0, 0.05) is 38.7 Å². The molecule has 0 aliphatic rings. The van der Waals surface area contributed by atoms with Crippen LogP contribution in [-0.2, 0) is 16.6 Å². The Morgan fingerprint density at radius 2 is 1.89 bits per heavy atom.